The highest BCUT2D eigenvalue weighted by Crippen LogP contribution is 2.43. The first-order valence-corrected chi connectivity index (χ1v) is 10.3. The van der Waals surface area contributed by atoms with Gasteiger partial charge in [-0.3, -0.25) is 9.20 Å². The van der Waals surface area contributed by atoms with Crippen LogP contribution in [0.1, 0.15) is 67.3 Å². The molecule has 0 saturated heterocycles. The van der Waals surface area contributed by atoms with Crippen molar-refractivity contribution in [2.24, 2.45) is 11.8 Å². The average Bonchev–Trinajstić information content (AvgIpc) is 3.14. The number of ether oxygens (including phenoxy) is 1. The third-order valence-electron chi connectivity index (χ3n) is 6.24. The van der Waals surface area contributed by atoms with Crippen molar-refractivity contribution < 1.29 is 9.53 Å². The first-order valence-electron chi connectivity index (χ1n) is 10.3. The molecule has 4 rings (SSSR count). The monoisotopic (exact) mass is 370 g/mol. The number of aryl methyl sites for hydroxylation is 2. The molecule has 0 radical (unpaired) electrons. The fraction of sp³-hybridized carbons (Fsp3) is 0.667. The number of aromatic nitrogens is 3. The lowest BCUT2D eigenvalue weighted by Gasteiger charge is -2.35. The zero-order valence-electron chi connectivity index (χ0n) is 16.6. The van der Waals surface area contributed by atoms with E-state index in [1.807, 2.05) is 24.3 Å². The summed E-state index contributed by atoms with van der Waals surface area (Å²) < 4.78 is 7.96. The molecule has 1 amide bonds. The predicted octanol–water partition coefficient (Wildman–Crippen LogP) is 3.45. The highest BCUT2D eigenvalue weighted by atomic mass is 16.5. The van der Waals surface area contributed by atoms with Crippen molar-refractivity contribution in [1.29, 1.82) is 0 Å². The van der Waals surface area contributed by atoms with Gasteiger partial charge in [0.2, 0.25) is 0 Å². The zero-order chi connectivity index (χ0) is 19.0. The second-order valence-corrected chi connectivity index (χ2v) is 8.24. The Bertz CT molecular complexity index is 817. The summed E-state index contributed by atoms with van der Waals surface area (Å²) in [6, 6.07) is 2.24. The van der Waals surface area contributed by atoms with Crippen LogP contribution in [0.3, 0.4) is 0 Å². The van der Waals surface area contributed by atoms with Gasteiger partial charge in [0.25, 0.3) is 5.91 Å². The van der Waals surface area contributed by atoms with Gasteiger partial charge >= 0.3 is 0 Å². The molecule has 2 unspecified atom stereocenters. The van der Waals surface area contributed by atoms with Gasteiger partial charge in [-0.2, -0.15) is 0 Å². The Morgan fingerprint density at radius 1 is 1.30 bits per heavy atom. The Morgan fingerprint density at radius 2 is 2.04 bits per heavy atom. The summed E-state index contributed by atoms with van der Waals surface area (Å²) in [5.41, 5.74) is 3.02. The van der Waals surface area contributed by atoms with Gasteiger partial charge in [0.1, 0.15) is 6.33 Å². The molecule has 2 fully saturated rings. The number of amides is 1. The maximum absolute atomic E-state index is 13.0. The van der Waals surface area contributed by atoms with Crippen molar-refractivity contribution in [2.45, 2.75) is 71.4 Å². The minimum absolute atomic E-state index is 0.0951. The maximum atomic E-state index is 13.0. The lowest BCUT2D eigenvalue weighted by Crippen LogP contribution is -2.46. The van der Waals surface area contributed by atoms with Crippen molar-refractivity contribution in [2.75, 3.05) is 6.61 Å². The summed E-state index contributed by atoms with van der Waals surface area (Å²) >= 11 is 0. The van der Waals surface area contributed by atoms with E-state index >= 15 is 0 Å². The topological polar surface area (TPSA) is 68.5 Å². The molecular weight excluding hydrogens is 340 g/mol. The van der Waals surface area contributed by atoms with Gasteiger partial charge in [0.05, 0.1) is 6.10 Å². The van der Waals surface area contributed by atoms with E-state index in [1.165, 1.54) is 19.3 Å². The lowest BCUT2D eigenvalue weighted by atomic mass is 9.82. The van der Waals surface area contributed by atoms with Crippen molar-refractivity contribution >= 4 is 11.6 Å². The van der Waals surface area contributed by atoms with E-state index in [0.717, 1.165) is 37.3 Å². The van der Waals surface area contributed by atoms with E-state index < -0.39 is 0 Å². The van der Waals surface area contributed by atoms with Crippen LogP contribution in [-0.4, -0.2) is 39.0 Å². The van der Waals surface area contributed by atoms with Crippen LogP contribution in [-0.2, 0) is 4.74 Å². The Hall–Kier alpha value is -1.95. The fourth-order valence-corrected chi connectivity index (χ4v) is 4.90. The summed E-state index contributed by atoms with van der Waals surface area (Å²) in [7, 11) is 0. The molecule has 6 nitrogen and oxygen atoms in total. The summed E-state index contributed by atoms with van der Waals surface area (Å²) in [5, 5.41) is 3.29. The Kier molecular flexibility index (Phi) is 5.17. The number of carbonyl (C=O) groups is 1. The van der Waals surface area contributed by atoms with E-state index in [4.69, 9.17) is 4.74 Å². The third kappa shape index (κ3) is 3.59. The molecule has 6 heteroatoms. The van der Waals surface area contributed by atoms with Crippen LogP contribution >= 0.6 is 0 Å². The predicted molar refractivity (Wildman–Crippen MR) is 104 cm³/mol. The van der Waals surface area contributed by atoms with Gasteiger partial charge in [-0.05, 0) is 63.9 Å². The van der Waals surface area contributed by atoms with E-state index in [2.05, 4.69) is 22.2 Å². The highest BCUT2D eigenvalue weighted by molar-refractivity contribution is 5.98. The molecule has 0 aromatic carbocycles. The second-order valence-electron chi connectivity index (χ2n) is 8.24. The Morgan fingerprint density at radius 3 is 2.74 bits per heavy atom. The van der Waals surface area contributed by atoms with Gasteiger partial charge < -0.3 is 10.1 Å². The molecule has 0 aliphatic heterocycles. The van der Waals surface area contributed by atoms with Crippen LogP contribution in [0, 0.1) is 25.7 Å². The highest BCUT2D eigenvalue weighted by Gasteiger charge is 2.44. The molecule has 146 valence electrons. The molecule has 2 aromatic heterocycles. The molecule has 2 aliphatic rings. The summed E-state index contributed by atoms with van der Waals surface area (Å²) in [4.78, 5) is 21.9. The van der Waals surface area contributed by atoms with Crippen LogP contribution in [0.15, 0.2) is 12.4 Å². The van der Waals surface area contributed by atoms with E-state index in [0.29, 0.717) is 29.3 Å². The van der Waals surface area contributed by atoms with Crippen molar-refractivity contribution in [3.05, 3.63) is 29.5 Å². The standard InChI is InChI=1S/C21H30N4O2/c1-4-5-8-27-17-10-15-6-7-16(11-17)18(15)24-21(26)19-20-23-13(2)9-14(3)25(20)12-22-19/h9,12,15-18H,4-8,10-11H2,1-3H3,(H,24,26)/t15?,16?,17-,18-. The van der Waals surface area contributed by atoms with Crippen LogP contribution < -0.4 is 5.32 Å². The molecule has 27 heavy (non-hydrogen) atoms. The largest absolute Gasteiger partial charge is 0.378 e. The number of hydrogen-bond acceptors (Lipinski definition) is 4. The number of unbranched alkanes of at least 4 members (excludes halogenated alkanes) is 1. The molecular formula is C21H30N4O2. The quantitative estimate of drug-likeness (QED) is 0.791. The minimum Gasteiger partial charge on any atom is -0.378 e. The van der Waals surface area contributed by atoms with E-state index in [-0.39, 0.29) is 11.9 Å². The molecule has 2 aliphatic carbocycles. The van der Waals surface area contributed by atoms with Crippen LogP contribution in [0.5, 0.6) is 0 Å². The number of nitrogens with one attached hydrogen (secondary N) is 1. The number of hydrogen-bond donors (Lipinski definition) is 1. The normalized spacial score (nSPS) is 27.2. The Labute approximate surface area is 160 Å². The Balaban J connectivity index is 1.45. The van der Waals surface area contributed by atoms with Crippen LogP contribution in [0.4, 0.5) is 0 Å². The number of fused-ring (bicyclic) bond motifs is 3. The van der Waals surface area contributed by atoms with Gasteiger partial charge in [-0.1, -0.05) is 13.3 Å². The number of imidazole rings is 1. The van der Waals surface area contributed by atoms with Gasteiger partial charge in [0.15, 0.2) is 11.3 Å². The van der Waals surface area contributed by atoms with Crippen LogP contribution in [0.2, 0.25) is 0 Å². The first-order chi connectivity index (χ1) is 13.1. The SMILES string of the molecule is CCCCO[C@H]1CC2CCC(C1)[C@H]2NC(=O)c1ncn2c(C)cc(C)nc12. The summed E-state index contributed by atoms with van der Waals surface area (Å²) in [5.74, 6) is 0.941. The third-order valence-corrected chi connectivity index (χ3v) is 6.24. The zero-order valence-corrected chi connectivity index (χ0v) is 16.6. The fourth-order valence-electron chi connectivity index (χ4n) is 4.90. The van der Waals surface area contributed by atoms with Crippen molar-refractivity contribution in [1.82, 2.24) is 19.7 Å². The smallest absolute Gasteiger partial charge is 0.274 e. The minimum atomic E-state index is -0.0951. The molecule has 2 heterocycles. The average molecular weight is 370 g/mol. The van der Waals surface area contributed by atoms with Gasteiger partial charge in [-0.15, -0.1) is 0 Å². The number of rotatable bonds is 6. The van der Waals surface area contributed by atoms with Crippen LogP contribution in [0.25, 0.3) is 5.65 Å². The van der Waals surface area contributed by atoms with Gasteiger partial charge in [0, 0.05) is 24.0 Å². The summed E-state index contributed by atoms with van der Waals surface area (Å²) in [6.07, 6.45) is 8.85. The summed E-state index contributed by atoms with van der Waals surface area (Å²) in [6.45, 7) is 7.01. The molecule has 0 spiro atoms. The molecule has 2 aromatic rings. The molecule has 2 atom stereocenters. The lowest BCUT2D eigenvalue weighted by molar-refractivity contribution is -0.00121. The molecule has 2 bridgehead atoms. The molecule has 2 saturated carbocycles. The van der Waals surface area contributed by atoms with Crippen molar-refractivity contribution in [3.63, 3.8) is 0 Å². The van der Waals surface area contributed by atoms with Crippen molar-refractivity contribution in [3.8, 4) is 0 Å². The number of nitrogens with zero attached hydrogens (tertiary/aromatic N) is 3. The van der Waals surface area contributed by atoms with E-state index in [9.17, 15) is 4.79 Å². The first kappa shape index (κ1) is 18.4. The maximum Gasteiger partial charge on any atom is 0.274 e. The van der Waals surface area contributed by atoms with Gasteiger partial charge in [-0.25, -0.2) is 9.97 Å². The second kappa shape index (κ2) is 7.58. The molecule has 1 N–H and O–H groups in total. The van der Waals surface area contributed by atoms with E-state index in [1.54, 1.807) is 6.33 Å². The number of carbonyl (C=O) groups excluding carboxylic acids is 1.